The second-order valence-electron chi connectivity index (χ2n) is 5.21. The van der Waals surface area contributed by atoms with Gasteiger partial charge >= 0.3 is 0 Å². The van der Waals surface area contributed by atoms with Crippen molar-refractivity contribution in [3.05, 3.63) is 36.0 Å². The predicted molar refractivity (Wildman–Crippen MR) is 79.0 cm³/mol. The van der Waals surface area contributed by atoms with Crippen LogP contribution in [0.25, 0.3) is 10.9 Å². The Bertz CT molecular complexity index is 575. The van der Waals surface area contributed by atoms with Crippen LogP contribution in [0.5, 0.6) is 0 Å². The van der Waals surface area contributed by atoms with Gasteiger partial charge in [0.05, 0.1) is 11.6 Å². The lowest BCUT2D eigenvalue weighted by molar-refractivity contribution is 0.535. The molecule has 3 heteroatoms. The van der Waals surface area contributed by atoms with E-state index >= 15 is 0 Å². The normalized spacial score (nSPS) is 11.1. The molecule has 0 spiro atoms. The highest BCUT2D eigenvalue weighted by atomic mass is 14.9. The SMILES string of the molecule is CC(C)NCCCCn1ccc2cc(C#N)ccc21. The van der Waals surface area contributed by atoms with Gasteiger partial charge < -0.3 is 9.88 Å². The number of nitriles is 1. The van der Waals surface area contributed by atoms with Crippen LogP contribution in [0.4, 0.5) is 0 Å². The lowest BCUT2D eigenvalue weighted by Crippen LogP contribution is -2.23. The van der Waals surface area contributed by atoms with E-state index in [1.165, 1.54) is 18.4 Å². The summed E-state index contributed by atoms with van der Waals surface area (Å²) >= 11 is 0. The molecule has 0 unspecified atom stereocenters. The second kappa shape index (κ2) is 6.40. The molecule has 0 bridgehead atoms. The van der Waals surface area contributed by atoms with Crippen molar-refractivity contribution in [1.82, 2.24) is 9.88 Å². The summed E-state index contributed by atoms with van der Waals surface area (Å²) < 4.78 is 2.27. The molecule has 1 N–H and O–H groups in total. The van der Waals surface area contributed by atoms with Gasteiger partial charge in [-0.05, 0) is 43.7 Å². The quantitative estimate of drug-likeness (QED) is 0.805. The first-order valence-electron chi connectivity index (χ1n) is 6.93. The highest BCUT2D eigenvalue weighted by Crippen LogP contribution is 2.17. The Morgan fingerprint density at radius 1 is 1.26 bits per heavy atom. The van der Waals surface area contributed by atoms with E-state index in [0.717, 1.165) is 24.0 Å². The van der Waals surface area contributed by atoms with Gasteiger partial charge in [0, 0.05) is 29.7 Å². The third-order valence-electron chi connectivity index (χ3n) is 3.28. The molecule has 0 saturated carbocycles. The van der Waals surface area contributed by atoms with Crippen LogP contribution in [-0.2, 0) is 6.54 Å². The van der Waals surface area contributed by atoms with Crippen molar-refractivity contribution in [1.29, 1.82) is 5.26 Å². The molecule has 0 aliphatic rings. The van der Waals surface area contributed by atoms with E-state index in [9.17, 15) is 0 Å². The first-order chi connectivity index (χ1) is 9.20. The number of nitrogens with one attached hydrogen (secondary N) is 1. The Morgan fingerprint density at radius 3 is 2.84 bits per heavy atom. The minimum atomic E-state index is 0.566. The van der Waals surface area contributed by atoms with Gasteiger partial charge in [-0.15, -0.1) is 0 Å². The number of unbranched alkanes of at least 4 members (excludes halogenated alkanes) is 1. The minimum absolute atomic E-state index is 0.566. The van der Waals surface area contributed by atoms with Gasteiger partial charge in [-0.1, -0.05) is 13.8 Å². The van der Waals surface area contributed by atoms with Gasteiger partial charge in [0.1, 0.15) is 0 Å². The molecular weight excluding hydrogens is 234 g/mol. The molecule has 0 fully saturated rings. The van der Waals surface area contributed by atoms with E-state index in [1.807, 2.05) is 18.2 Å². The molecule has 0 atom stereocenters. The molecule has 0 aliphatic heterocycles. The lowest BCUT2D eigenvalue weighted by atomic mass is 10.2. The van der Waals surface area contributed by atoms with Gasteiger partial charge in [0.15, 0.2) is 0 Å². The fourth-order valence-corrected chi connectivity index (χ4v) is 2.26. The number of fused-ring (bicyclic) bond motifs is 1. The number of rotatable bonds is 6. The van der Waals surface area contributed by atoms with E-state index in [2.05, 4.69) is 42.1 Å². The summed E-state index contributed by atoms with van der Waals surface area (Å²) in [7, 11) is 0. The van der Waals surface area contributed by atoms with Crippen LogP contribution in [0.3, 0.4) is 0 Å². The molecule has 0 amide bonds. The summed E-state index contributed by atoms with van der Waals surface area (Å²) in [5.74, 6) is 0. The largest absolute Gasteiger partial charge is 0.347 e. The van der Waals surface area contributed by atoms with Crippen molar-refractivity contribution in [2.24, 2.45) is 0 Å². The van der Waals surface area contributed by atoms with Crippen LogP contribution in [0.1, 0.15) is 32.3 Å². The van der Waals surface area contributed by atoms with Gasteiger partial charge in [0.2, 0.25) is 0 Å². The molecule has 0 saturated heterocycles. The number of benzene rings is 1. The highest BCUT2D eigenvalue weighted by Gasteiger charge is 2.02. The monoisotopic (exact) mass is 255 g/mol. The number of hydrogen-bond donors (Lipinski definition) is 1. The van der Waals surface area contributed by atoms with E-state index in [-0.39, 0.29) is 0 Å². The third kappa shape index (κ3) is 3.59. The summed E-state index contributed by atoms with van der Waals surface area (Å²) in [5, 5.41) is 13.5. The van der Waals surface area contributed by atoms with Crippen LogP contribution >= 0.6 is 0 Å². The Kier molecular flexibility index (Phi) is 4.59. The van der Waals surface area contributed by atoms with Crippen LogP contribution in [-0.4, -0.2) is 17.2 Å². The summed E-state index contributed by atoms with van der Waals surface area (Å²) in [6, 6.07) is 10.7. The fraction of sp³-hybridized carbons (Fsp3) is 0.438. The van der Waals surface area contributed by atoms with Gasteiger partial charge in [-0.3, -0.25) is 0 Å². The Morgan fingerprint density at radius 2 is 2.11 bits per heavy atom. The van der Waals surface area contributed by atoms with Crippen molar-refractivity contribution in [3.63, 3.8) is 0 Å². The van der Waals surface area contributed by atoms with Gasteiger partial charge in [-0.25, -0.2) is 0 Å². The molecule has 1 aromatic heterocycles. The van der Waals surface area contributed by atoms with E-state index < -0.39 is 0 Å². The summed E-state index contributed by atoms with van der Waals surface area (Å²) in [6.45, 7) is 6.46. The zero-order valence-corrected chi connectivity index (χ0v) is 11.7. The van der Waals surface area contributed by atoms with Crippen LogP contribution in [0.2, 0.25) is 0 Å². The van der Waals surface area contributed by atoms with Crippen molar-refractivity contribution in [3.8, 4) is 6.07 Å². The van der Waals surface area contributed by atoms with Crippen molar-refractivity contribution in [2.45, 2.75) is 39.3 Å². The Hall–Kier alpha value is -1.79. The summed E-state index contributed by atoms with van der Waals surface area (Å²) in [4.78, 5) is 0. The molecule has 1 aromatic carbocycles. The topological polar surface area (TPSA) is 40.8 Å². The average molecular weight is 255 g/mol. The first-order valence-corrected chi connectivity index (χ1v) is 6.93. The molecule has 1 heterocycles. The van der Waals surface area contributed by atoms with Gasteiger partial charge in [0.25, 0.3) is 0 Å². The average Bonchev–Trinajstić information content (AvgIpc) is 2.80. The first kappa shape index (κ1) is 13.6. The maximum atomic E-state index is 8.89. The third-order valence-corrected chi connectivity index (χ3v) is 3.28. The maximum Gasteiger partial charge on any atom is 0.0991 e. The standard InChI is InChI=1S/C16H21N3/c1-13(2)18-8-3-4-9-19-10-7-15-11-14(12-17)5-6-16(15)19/h5-7,10-11,13,18H,3-4,8-9H2,1-2H3. The molecular formula is C16H21N3. The van der Waals surface area contributed by atoms with Gasteiger partial charge in [-0.2, -0.15) is 5.26 Å². The summed E-state index contributed by atoms with van der Waals surface area (Å²) in [5.41, 5.74) is 1.95. The fourth-order valence-electron chi connectivity index (χ4n) is 2.26. The zero-order valence-electron chi connectivity index (χ0n) is 11.7. The minimum Gasteiger partial charge on any atom is -0.347 e. The number of nitrogens with zero attached hydrogens (tertiary/aromatic N) is 2. The second-order valence-corrected chi connectivity index (χ2v) is 5.21. The molecule has 0 radical (unpaired) electrons. The van der Waals surface area contributed by atoms with E-state index in [4.69, 9.17) is 5.26 Å². The predicted octanol–water partition coefficient (Wildman–Crippen LogP) is 3.29. The van der Waals surface area contributed by atoms with Crippen LogP contribution in [0, 0.1) is 11.3 Å². The van der Waals surface area contributed by atoms with E-state index in [1.54, 1.807) is 0 Å². The smallest absolute Gasteiger partial charge is 0.0991 e. The molecule has 0 aliphatic carbocycles. The highest BCUT2D eigenvalue weighted by molar-refractivity contribution is 5.81. The molecule has 3 nitrogen and oxygen atoms in total. The van der Waals surface area contributed by atoms with E-state index in [0.29, 0.717) is 6.04 Å². The Balaban J connectivity index is 1.93. The van der Waals surface area contributed by atoms with Crippen molar-refractivity contribution >= 4 is 10.9 Å². The number of aryl methyl sites for hydroxylation is 1. The number of aromatic nitrogens is 1. The van der Waals surface area contributed by atoms with Crippen LogP contribution < -0.4 is 5.32 Å². The van der Waals surface area contributed by atoms with Crippen molar-refractivity contribution < 1.29 is 0 Å². The maximum absolute atomic E-state index is 8.89. The molecule has 2 rings (SSSR count). The molecule has 19 heavy (non-hydrogen) atoms. The van der Waals surface area contributed by atoms with Crippen LogP contribution in [0.15, 0.2) is 30.5 Å². The lowest BCUT2D eigenvalue weighted by Gasteiger charge is -2.08. The zero-order chi connectivity index (χ0) is 13.7. The molecule has 2 aromatic rings. The summed E-state index contributed by atoms with van der Waals surface area (Å²) in [6.07, 6.45) is 4.47. The Labute approximate surface area is 114 Å². The number of hydrogen-bond acceptors (Lipinski definition) is 2. The van der Waals surface area contributed by atoms with Crippen molar-refractivity contribution in [2.75, 3.05) is 6.54 Å². The molecule has 100 valence electrons.